The number of hydrogen-bond acceptors (Lipinski definition) is 7. The van der Waals surface area contributed by atoms with E-state index in [2.05, 4.69) is 4.98 Å². The van der Waals surface area contributed by atoms with Crippen LogP contribution in [0.3, 0.4) is 0 Å². The molecule has 0 bridgehead atoms. The molecule has 4 rings (SSSR count). The number of thiophene rings is 1. The number of aromatic nitrogens is 2. The first-order chi connectivity index (χ1) is 14.1. The molecule has 0 saturated carbocycles. The van der Waals surface area contributed by atoms with Crippen LogP contribution in [0.1, 0.15) is 12.8 Å². The van der Waals surface area contributed by atoms with Crippen molar-refractivity contribution in [2.45, 2.75) is 31.6 Å². The van der Waals surface area contributed by atoms with Crippen molar-refractivity contribution in [1.82, 2.24) is 9.55 Å². The molecule has 8 heteroatoms. The first-order valence-corrected chi connectivity index (χ1v) is 10.5. The van der Waals surface area contributed by atoms with Gasteiger partial charge in [0.05, 0.1) is 50.9 Å². The summed E-state index contributed by atoms with van der Waals surface area (Å²) in [5.74, 6) is 0.783. The first-order valence-electron chi connectivity index (χ1n) is 9.65. The molecular formula is C21H24N2O5S. The van der Waals surface area contributed by atoms with Gasteiger partial charge in [-0.25, -0.2) is 4.98 Å². The molecule has 3 aromatic rings. The Morgan fingerprint density at radius 1 is 1.38 bits per heavy atom. The Bertz CT molecular complexity index is 1010. The maximum Gasteiger partial charge on any atom is 0.271 e. The van der Waals surface area contributed by atoms with Crippen LogP contribution in [0.25, 0.3) is 20.7 Å². The second-order valence-corrected chi connectivity index (χ2v) is 8.13. The van der Waals surface area contributed by atoms with Gasteiger partial charge in [0.2, 0.25) is 0 Å². The second kappa shape index (κ2) is 9.04. The molecule has 2 aromatic heterocycles. The Morgan fingerprint density at radius 2 is 2.21 bits per heavy atom. The van der Waals surface area contributed by atoms with Crippen molar-refractivity contribution >= 4 is 21.6 Å². The molecule has 1 aromatic carbocycles. The van der Waals surface area contributed by atoms with E-state index in [9.17, 15) is 9.90 Å². The average Bonchev–Trinajstić information content (AvgIpc) is 3.40. The molecule has 29 heavy (non-hydrogen) atoms. The van der Waals surface area contributed by atoms with E-state index in [1.165, 1.54) is 22.2 Å². The number of benzene rings is 1. The average molecular weight is 416 g/mol. The van der Waals surface area contributed by atoms with Gasteiger partial charge in [-0.15, -0.1) is 11.3 Å². The van der Waals surface area contributed by atoms with Gasteiger partial charge in [0, 0.05) is 11.5 Å². The molecule has 1 aliphatic rings. The smallest absolute Gasteiger partial charge is 0.271 e. The summed E-state index contributed by atoms with van der Waals surface area (Å²) in [6, 6.07) is 9.60. The number of fused-ring (bicyclic) bond motifs is 1. The largest absolute Gasteiger partial charge is 0.497 e. The van der Waals surface area contributed by atoms with Crippen molar-refractivity contribution in [3.05, 3.63) is 47.0 Å². The van der Waals surface area contributed by atoms with Gasteiger partial charge in [0.15, 0.2) is 0 Å². The van der Waals surface area contributed by atoms with E-state index in [0.717, 1.165) is 35.6 Å². The lowest BCUT2D eigenvalue weighted by Crippen LogP contribution is -2.30. The topological polar surface area (TPSA) is 82.8 Å². The third-order valence-electron chi connectivity index (χ3n) is 4.92. The van der Waals surface area contributed by atoms with E-state index in [-0.39, 0.29) is 24.8 Å². The molecular weight excluding hydrogens is 392 g/mol. The van der Waals surface area contributed by atoms with Crippen molar-refractivity contribution in [3.8, 4) is 16.2 Å². The predicted molar refractivity (Wildman–Crippen MR) is 112 cm³/mol. The molecule has 2 atom stereocenters. The lowest BCUT2D eigenvalue weighted by molar-refractivity contribution is -0.0209. The monoisotopic (exact) mass is 416 g/mol. The number of aliphatic hydroxyl groups is 1. The van der Waals surface area contributed by atoms with Crippen molar-refractivity contribution in [2.24, 2.45) is 0 Å². The molecule has 0 aliphatic carbocycles. The zero-order valence-electron chi connectivity index (χ0n) is 16.2. The van der Waals surface area contributed by atoms with E-state index in [0.29, 0.717) is 16.8 Å². The van der Waals surface area contributed by atoms with Gasteiger partial charge in [0.1, 0.15) is 10.4 Å². The molecule has 1 saturated heterocycles. The van der Waals surface area contributed by atoms with E-state index < -0.39 is 6.10 Å². The van der Waals surface area contributed by atoms with Crippen LogP contribution in [-0.4, -0.2) is 53.8 Å². The highest BCUT2D eigenvalue weighted by Crippen LogP contribution is 2.31. The van der Waals surface area contributed by atoms with Crippen molar-refractivity contribution in [3.63, 3.8) is 0 Å². The van der Waals surface area contributed by atoms with Crippen LogP contribution in [0.4, 0.5) is 0 Å². The summed E-state index contributed by atoms with van der Waals surface area (Å²) >= 11 is 1.40. The maximum absolute atomic E-state index is 12.8. The van der Waals surface area contributed by atoms with Gasteiger partial charge < -0.3 is 19.3 Å². The number of rotatable bonds is 8. The fraction of sp³-hybridized carbons (Fsp3) is 0.429. The summed E-state index contributed by atoms with van der Waals surface area (Å²) in [6.07, 6.45) is 2.86. The molecule has 1 N–H and O–H groups in total. The van der Waals surface area contributed by atoms with E-state index in [4.69, 9.17) is 14.2 Å². The summed E-state index contributed by atoms with van der Waals surface area (Å²) in [6.45, 7) is 1.55. The summed E-state index contributed by atoms with van der Waals surface area (Å²) in [4.78, 5) is 18.2. The third kappa shape index (κ3) is 4.67. The minimum atomic E-state index is -0.783. The van der Waals surface area contributed by atoms with Gasteiger partial charge >= 0.3 is 0 Å². The predicted octanol–water partition coefficient (Wildman–Crippen LogP) is 2.69. The van der Waals surface area contributed by atoms with E-state index in [1.54, 1.807) is 7.11 Å². The third-order valence-corrected chi connectivity index (χ3v) is 6.09. The van der Waals surface area contributed by atoms with Crippen molar-refractivity contribution < 1.29 is 19.3 Å². The van der Waals surface area contributed by atoms with Gasteiger partial charge in [-0.05, 0) is 48.7 Å². The fourth-order valence-electron chi connectivity index (χ4n) is 3.36. The quantitative estimate of drug-likeness (QED) is 0.608. The van der Waals surface area contributed by atoms with E-state index >= 15 is 0 Å². The lowest BCUT2D eigenvalue weighted by atomic mass is 10.2. The van der Waals surface area contributed by atoms with E-state index in [1.807, 2.05) is 30.3 Å². The minimum absolute atomic E-state index is 0.116. The van der Waals surface area contributed by atoms with Gasteiger partial charge in [0.25, 0.3) is 5.56 Å². The number of hydrogen-bond donors (Lipinski definition) is 1. The summed E-state index contributed by atoms with van der Waals surface area (Å²) in [5, 5.41) is 10.2. The highest BCUT2D eigenvalue weighted by Gasteiger charge is 2.17. The maximum atomic E-state index is 12.8. The van der Waals surface area contributed by atoms with Crippen LogP contribution in [0.2, 0.25) is 0 Å². The van der Waals surface area contributed by atoms with Crippen LogP contribution in [0.5, 0.6) is 5.75 Å². The Hall–Kier alpha value is -2.26. The molecule has 0 unspecified atom stereocenters. The summed E-state index contributed by atoms with van der Waals surface area (Å²) in [5.41, 5.74) is 1.51. The lowest BCUT2D eigenvalue weighted by Gasteiger charge is -2.14. The standard InChI is InChI=1S/C21H24N2O5S/c1-26-16-6-4-14(5-7-16)19-9-18-20(29-19)21(25)23(13-22-18)10-15(24)11-27-12-17-3-2-8-28-17/h4-7,9,13,15,17,24H,2-3,8,10-12H2,1H3/t15-,17+/m0/s1. The molecule has 1 aliphatic heterocycles. The van der Waals surface area contributed by atoms with Crippen LogP contribution in [0, 0.1) is 0 Å². The summed E-state index contributed by atoms with van der Waals surface area (Å²) in [7, 11) is 1.63. The van der Waals surface area contributed by atoms with Crippen LogP contribution in [-0.2, 0) is 16.0 Å². The molecule has 3 heterocycles. The Labute approximate surface area is 172 Å². The van der Waals surface area contributed by atoms with Gasteiger partial charge in [-0.1, -0.05) is 0 Å². The van der Waals surface area contributed by atoms with Crippen LogP contribution in [0.15, 0.2) is 41.5 Å². The fourth-order valence-corrected chi connectivity index (χ4v) is 4.43. The Kier molecular flexibility index (Phi) is 6.25. The Morgan fingerprint density at radius 3 is 2.93 bits per heavy atom. The number of ether oxygens (including phenoxy) is 3. The first kappa shape index (κ1) is 20.0. The Balaban J connectivity index is 1.44. The van der Waals surface area contributed by atoms with Crippen LogP contribution < -0.4 is 10.3 Å². The molecule has 0 radical (unpaired) electrons. The van der Waals surface area contributed by atoms with Gasteiger partial charge in [-0.3, -0.25) is 9.36 Å². The number of nitrogens with zero attached hydrogens (tertiary/aromatic N) is 2. The minimum Gasteiger partial charge on any atom is -0.497 e. The van der Waals surface area contributed by atoms with Crippen molar-refractivity contribution in [2.75, 3.05) is 26.9 Å². The highest BCUT2D eigenvalue weighted by atomic mass is 32.1. The van der Waals surface area contributed by atoms with Gasteiger partial charge in [-0.2, -0.15) is 0 Å². The van der Waals surface area contributed by atoms with Crippen LogP contribution >= 0.6 is 11.3 Å². The molecule has 7 nitrogen and oxygen atoms in total. The number of methoxy groups -OCH3 is 1. The zero-order valence-corrected chi connectivity index (χ0v) is 17.1. The zero-order chi connectivity index (χ0) is 20.2. The molecule has 0 amide bonds. The second-order valence-electron chi connectivity index (χ2n) is 7.08. The molecule has 154 valence electrons. The molecule has 1 fully saturated rings. The van der Waals surface area contributed by atoms with Crippen molar-refractivity contribution in [1.29, 1.82) is 0 Å². The SMILES string of the molecule is COc1ccc(-c2cc3ncn(C[C@H](O)COC[C@H]4CCCO4)c(=O)c3s2)cc1. The summed E-state index contributed by atoms with van der Waals surface area (Å²) < 4.78 is 18.2. The highest BCUT2D eigenvalue weighted by molar-refractivity contribution is 7.22. The normalized spacial score (nSPS) is 17.7. The molecule has 0 spiro atoms. The number of aliphatic hydroxyl groups excluding tert-OH is 1.